The monoisotopic (exact) mass is 212 g/mol. The van der Waals surface area contributed by atoms with Crippen LogP contribution in [0.3, 0.4) is 0 Å². The van der Waals surface area contributed by atoms with Gasteiger partial charge in [0.25, 0.3) is 0 Å². The summed E-state index contributed by atoms with van der Waals surface area (Å²) in [6.45, 7) is 2.86. The Labute approximate surface area is 93.0 Å². The number of hydrogen-bond donors (Lipinski definition) is 1. The van der Waals surface area contributed by atoms with Crippen molar-refractivity contribution in [3.8, 4) is 0 Å². The van der Waals surface area contributed by atoms with E-state index in [1.165, 1.54) is 38.5 Å². The molecule has 2 nitrogen and oxygen atoms in total. The van der Waals surface area contributed by atoms with Gasteiger partial charge in [-0.05, 0) is 43.4 Å². The fraction of sp³-hybridized carbons (Fsp3) is 1.00. The van der Waals surface area contributed by atoms with Gasteiger partial charge in [-0.2, -0.15) is 0 Å². The lowest BCUT2D eigenvalue weighted by atomic mass is 9.72. The third-order valence-electron chi connectivity index (χ3n) is 4.38. The quantitative estimate of drug-likeness (QED) is 0.776. The maximum atomic E-state index is 10.7. The Morgan fingerprint density at radius 3 is 1.93 bits per heavy atom. The second kappa shape index (κ2) is 4.42. The number of aliphatic hydroxyl groups is 1. The van der Waals surface area contributed by atoms with E-state index >= 15 is 0 Å². The second-order valence-electron chi connectivity index (χ2n) is 5.66. The predicted molar refractivity (Wildman–Crippen MR) is 60.7 cm³/mol. The van der Waals surface area contributed by atoms with Crippen LogP contribution in [0.15, 0.2) is 0 Å². The first-order valence-electron chi connectivity index (χ1n) is 6.38. The molecule has 0 saturated heterocycles. The van der Waals surface area contributed by atoms with Crippen LogP contribution in [0.5, 0.6) is 0 Å². The number of hydrogen-bond acceptors (Lipinski definition) is 2. The molecule has 1 atom stereocenters. The van der Waals surface area contributed by atoms with E-state index in [0.29, 0.717) is 18.4 Å². The molecule has 15 heavy (non-hydrogen) atoms. The highest BCUT2D eigenvalue weighted by Crippen LogP contribution is 2.48. The summed E-state index contributed by atoms with van der Waals surface area (Å²) in [5, 5.41) is 10.7. The molecule has 2 aliphatic rings. The molecule has 2 fully saturated rings. The average molecular weight is 212 g/mol. The molecule has 0 radical (unpaired) electrons. The van der Waals surface area contributed by atoms with Gasteiger partial charge in [0, 0.05) is 7.11 Å². The van der Waals surface area contributed by atoms with Crippen LogP contribution in [0.25, 0.3) is 0 Å². The van der Waals surface area contributed by atoms with Crippen molar-refractivity contribution in [2.24, 2.45) is 17.8 Å². The zero-order valence-corrected chi connectivity index (χ0v) is 10.0. The van der Waals surface area contributed by atoms with E-state index in [1.54, 1.807) is 7.11 Å². The number of ether oxygens (including phenoxy) is 1. The standard InChI is InChI=1S/C13H24O2/c1-10-3-5-11(6-4-10)13(14,9-15-2)12-7-8-12/h10-12,14H,3-9H2,1-2H3. The fourth-order valence-corrected chi connectivity index (χ4v) is 3.14. The highest BCUT2D eigenvalue weighted by molar-refractivity contribution is 5.00. The highest BCUT2D eigenvalue weighted by atomic mass is 16.5. The third-order valence-corrected chi connectivity index (χ3v) is 4.38. The highest BCUT2D eigenvalue weighted by Gasteiger charge is 2.49. The van der Waals surface area contributed by atoms with Crippen molar-refractivity contribution in [3.63, 3.8) is 0 Å². The molecule has 0 aromatic carbocycles. The minimum atomic E-state index is -0.505. The molecule has 2 rings (SSSR count). The van der Waals surface area contributed by atoms with Crippen molar-refractivity contribution < 1.29 is 9.84 Å². The van der Waals surface area contributed by atoms with Crippen LogP contribution in [0.1, 0.15) is 45.4 Å². The van der Waals surface area contributed by atoms with Gasteiger partial charge in [-0.25, -0.2) is 0 Å². The SMILES string of the molecule is COCC(O)(C1CCC(C)CC1)C1CC1. The van der Waals surface area contributed by atoms with Gasteiger partial charge in [-0.1, -0.05) is 19.8 Å². The summed E-state index contributed by atoms with van der Waals surface area (Å²) in [5.74, 6) is 1.87. The minimum Gasteiger partial charge on any atom is -0.387 e. The molecule has 0 amide bonds. The summed E-state index contributed by atoms with van der Waals surface area (Å²) < 4.78 is 5.24. The van der Waals surface area contributed by atoms with Crippen LogP contribution < -0.4 is 0 Å². The molecule has 1 unspecified atom stereocenters. The molecule has 0 aliphatic heterocycles. The van der Waals surface area contributed by atoms with E-state index in [2.05, 4.69) is 6.92 Å². The van der Waals surface area contributed by atoms with Gasteiger partial charge in [0.05, 0.1) is 12.2 Å². The van der Waals surface area contributed by atoms with E-state index in [1.807, 2.05) is 0 Å². The average Bonchev–Trinajstić information content (AvgIpc) is 3.02. The first-order valence-corrected chi connectivity index (χ1v) is 6.38. The lowest BCUT2D eigenvalue weighted by molar-refractivity contribution is -0.102. The van der Waals surface area contributed by atoms with E-state index in [-0.39, 0.29) is 0 Å². The van der Waals surface area contributed by atoms with Crippen LogP contribution in [0.4, 0.5) is 0 Å². The summed E-state index contributed by atoms with van der Waals surface area (Å²) in [4.78, 5) is 0. The van der Waals surface area contributed by atoms with Crippen LogP contribution in [-0.4, -0.2) is 24.4 Å². The molecule has 0 spiro atoms. The zero-order valence-electron chi connectivity index (χ0n) is 10.0. The lowest BCUT2D eigenvalue weighted by Gasteiger charge is -2.39. The summed E-state index contributed by atoms with van der Waals surface area (Å²) in [6.07, 6.45) is 7.35. The Hall–Kier alpha value is -0.0800. The summed E-state index contributed by atoms with van der Waals surface area (Å²) >= 11 is 0. The molecule has 1 N–H and O–H groups in total. The topological polar surface area (TPSA) is 29.5 Å². The molecule has 2 heteroatoms. The molecule has 0 aromatic rings. The van der Waals surface area contributed by atoms with Crippen molar-refractivity contribution in [1.29, 1.82) is 0 Å². The molecule has 0 heterocycles. The van der Waals surface area contributed by atoms with Crippen molar-refractivity contribution in [2.75, 3.05) is 13.7 Å². The van der Waals surface area contributed by atoms with E-state index in [4.69, 9.17) is 4.74 Å². The molecule has 88 valence electrons. The van der Waals surface area contributed by atoms with Gasteiger partial charge in [-0.3, -0.25) is 0 Å². The summed E-state index contributed by atoms with van der Waals surface area (Å²) in [7, 11) is 1.71. The van der Waals surface area contributed by atoms with Crippen molar-refractivity contribution in [1.82, 2.24) is 0 Å². The largest absolute Gasteiger partial charge is 0.387 e. The Balaban J connectivity index is 1.98. The molecule has 0 aromatic heterocycles. The van der Waals surface area contributed by atoms with Crippen molar-refractivity contribution >= 4 is 0 Å². The summed E-state index contributed by atoms with van der Waals surface area (Å²) in [6, 6.07) is 0. The predicted octanol–water partition coefficient (Wildman–Crippen LogP) is 2.60. The maximum absolute atomic E-state index is 10.7. The fourth-order valence-electron chi connectivity index (χ4n) is 3.14. The third kappa shape index (κ3) is 2.36. The Kier molecular flexibility index (Phi) is 3.36. The lowest BCUT2D eigenvalue weighted by Crippen LogP contribution is -2.46. The van der Waals surface area contributed by atoms with Gasteiger partial charge >= 0.3 is 0 Å². The van der Waals surface area contributed by atoms with Crippen molar-refractivity contribution in [3.05, 3.63) is 0 Å². The minimum absolute atomic E-state index is 0.487. The smallest absolute Gasteiger partial charge is 0.0935 e. The van der Waals surface area contributed by atoms with Gasteiger partial charge in [-0.15, -0.1) is 0 Å². The zero-order chi connectivity index (χ0) is 10.9. The van der Waals surface area contributed by atoms with Gasteiger partial charge < -0.3 is 9.84 Å². The Morgan fingerprint density at radius 2 is 1.53 bits per heavy atom. The van der Waals surface area contributed by atoms with Crippen LogP contribution in [0.2, 0.25) is 0 Å². The van der Waals surface area contributed by atoms with Crippen LogP contribution in [-0.2, 0) is 4.74 Å². The van der Waals surface area contributed by atoms with E-state index in [0.717, 1.165) is 5.92 Å². The molecule has 0 bridgehead atoms. The molecular formula is C13H24O2. The van der Waals surface area contributed by atoms with Gasteiger partial charge in [0.1, 0.15) is 0 Å². The first kappa shape index (κ1) is 11.4. The Morgan fingerprint density at radius 1 is 1.07 bits per heavy atom. The molecular weight excluding hydrogens is 188 g/mol. The van der Waals surface area contributed by atoms with Crippen LogP contribution in [0, 0.1) is 17.8 Å². The number of rotatable bonds is 4. The molecule has 2 aliphatic carbocycles. The second-order valence-corrected chi connectivity index (χ2v) is 5.66. The van der Waals surface area contributed by atoms with Crippen LogP contribution >= 0.6 is 0 Å². The van der Waals surface area contributed by atoms with Crippen molar-refractivity contribution in [2.45, 2.75) is 51.0 Å². The van der Waals surface area contributed by atoms with E-state index < -0.39 is 5.60 Å². The van der Waals surface area contributed by atoms with E-state index in [9.17, 15) is 5.11 Å². The first-order chi connectivity index (χ1) is 7.16. The maximum Gasteiger partial charge on any atom is 0.0935 e. The summed E-state index contributed by atoms with van der Waals surface area (Å²) in [5.41, 5.74) is -0.505. The van der Waals surface area contributed by atoms with Gasteiger partial charge in [0.2, 0.25) is 0 Å². The molecule has 2 saturated carbocycles. The number of methoxy groups -OCH3 is 1. The van der Waals surface area contributed by atoms with Gasteiger partial charge in [0.15, 0.2) is 0 Å². The normalized spacial score (nSPS) is 36.2. The Bertz CT molecular complexity index is 205.